The largest absolute Gasteiger partial charge is 0.495 e. The molecule has 2 aromatic rings. The van der Waals surface area contributed by atoms with Gasteiger partial charge < -0.3 is 19.9 Å². The number of piperazine rings is 1. The van der Waals surface area contributed by atoms with Crippen LogP contribution in [0.2, 0.25) is 5.02 Å². The highest BCUT2D eigenvalue weighted by atomic mass is 35.5. The van der Waals surface area contributed by atoms with Crippen molar-refractivity contribution in [1.29, 1.82) is 0 Å². The lowest BCUT2D eigenvalue weighted by molar-refractivity contribution is -0.118. The fourth-order valence-electron chi connectivity index (χ4n) is 2.76. The topological polar surface area (TPSA) is 74.8 Å². The standard InChI is InChI=1S/C18H19ClN4O3/c1-26-16-3-2-14(19)11-15(16)21-18(25)13-4-5-20-17(10-13)23-8-6-22(12-24)7-9-23/h2-5,10-12H,6-9H2,1H3,(H,21,25). The summed E-state index contributed by atoms with van der Waals surface area (Å²) < 4.78 is 5.25. The third kappa shape index (κ3) is 4.05. The molecule has 1 aliphatic rings. The molecule has 1 fully saturated rings. The van der Waals surface area contributed by atoms with Crippen LogP contribution >= 0.6 is 11.6 Å². The summed E-state index contributed by atoms with van der Waals surface area (Å²) in [6, 6.07) is 8.42. The minimum atomic E-state index is -0.277. The predicted octanol–water partition coefficient (Wildman–Crippen LogP) is 2.27. The van der Waals surface area contributed by atoms with Crippen LogP contribution in [0, 0.1) is 0 Å². The Labute approximate surface area is 156 Å². The summed E-state index contributed by atoms with van der Waals surface area (Å²) in [7, 11) is 1.53. The first-order valence-corrected chi connectivity index (χ1v) is 8.54. The fourth-order valence-corrected chi connectivity index (χ4v) is 2.93. The molecule has 0 unspecified atom stereocenters. The van der Waals surface area contributed by atoms with E-state index < -0.39 is 0 Å². The number of benzene rings is 1. The molecular formula is C18H19ClN4O3. The van der Waals surface area contributed by atoms with Crippen LogP contribution in [0.4, 0.5) is 11.5 Å². The van der Waals surface area contributed by atoms with Crippen LogP contribution in [-0.2, 0) is 4.79 Å². The summed E-state index contributed by atoms with van der Waals surface area (Å²) >= 11 is 6.00. The maximum Gasteiger partial charge on any atom is 0.255 e. The number of halogens is 1. The highest BCUT2D eigenvalue weighted by Crippen LogP contribution is 2.28. The van der Waals surface area contributed by atoms with Crippen molar-refractivity contribution >= 4 is 35.4 Å². The summed E-state index contributed by atoms with van der Waals surface area (Å²) in [5.74, 6) is 0.962. The second kappa shape index (κ2) is 8.05. The van der Waals surface area contributed by atoms with Crippen molar-refractivity contribution in [3.63, 3.8) is 0 Å². The SMILES string of the molecule is COc1ccc(Cl)cc1NC(=O)c1ccnc(N2CCN(C=O)CC2)c1. The number of amides is 2. The lowest BCUT2D eigenvalue weighted by Gasteiger charge is -2.33. The summed E-state index contributed by atoms with van der Waals surface area (Å²) in [6.07, 6.45) is 2.46. The average Bonchev–Trinajstić information content (AvgIpc) is 2.68. The molecule has 3 rings (SSSR count). The van der Waals surface area contributed by atoms with E-state index in [-0.39, 0.29) is 5.91 Å². The molecule has 0 bridgehead atoms. The first kappa shape index (κ1) is 18.0. The quantitative estimate of drug-likeness (QED) is 0.813. The molecule has 7 nitrogen and oxygen atoms in total. The highest BCUT2D eigenvalue weighted by molar-refractivity contribution is 6.31. The van der Waals surface area contributed by atoms with E-state index in [1.54, 1.807) is 41.4 Å². The number of ether oxygens (including phenoxy) is 1. The van der Waals surface area contributed by atoms with Crippen molar-refractivity contribution < 1.29 is 14.3 Å². The molecule has 0 aliphatic carbocycles. The van der Waals surface area contributed by atoms with Gasteiger partial charge in [-0.3, -0.25) is 9.59 Å². The van der Waals surface area contributed by atoms with E-state index in [0.717, 1.165) is 6.41 Å². The number of hydrogen-bond acceptors (Lipinski definition) is 5. The monoisotopic (exact) mass is 374 g/mol. The van der Waals surface area contributed by atoms with Gasteiger partial charge in [0.2, 0.25) is 6.41 Å². The van der Waals surface area contributed by atoms with Gasteiger partial charge in [-0.2, -0.15) is 0 Å². The summed E-state index contributed by atoms with van der Waals surface area (Å²) in [4.78, 5) is 31.5. The van der Waals surface area contributed by atoms with Crippen LogP contribution in [0.5, 0.6) is 5.75 Å². The number of hydrogen-bond donors (Lipinski definition) is 1. The van der Waals surface area contributed by atoms with Gasteiger partial charge in [0.05, 0.1) is 12.8 Å². The van der Waals surface area contributed by atoms with Gasteiger partial charge in [-0.1, -0.05) is 11.6 Å². The Morgan fingerprint density at radius 2 is 2.00 bits per heavy atom. The number of rotatable bonds is 5. The normalized spacial score (nSPS) is 14.1. The van der Waals surface area contributed by atoms with Crippen molar-refractivity contribution in [3.05, 3.63) is 47.1 Å². The van der Waals surface area contributed by atoms with E-state index in [9.17, 15) is 9.59 Å². The molecule has 1 aromatic heterocycles. The van der Waals surface area contributed by atoms with Crippen molar-refractivity contribution in [2.24, 2.45) is 0 Å². The third-order valence-corrected chi connectivity index (χ3v) is 4.44. The van der Waals surface area contributed by atoms with Gasteiger partial charge in [-0.15, -0.1) is 0 Å². The molecule has 1 saturated heterocycles. The van der Waals surface area contributed by atoms with E-state index in [0.29, 0.717) is 54.0 Å². The van der Waals surface area contributed by atoms with E-state index in [4.69, 9.17) is 16.3 Å². The van der Waals surface area contributed by atoms with E-state index in [1.807, 2.05) is 0 Å². The summed E-state index contributed by atoms with van der Waals surface area (Å²) in [6.45, 7) is 2.64. The number of pyridine rings is 1. The molecule has 0 radical (unpaired) electrons. The van der Waals surface area contributed by atoms with Crippen LogP contribution in [0.3, 0.4) is 0 Å². The Morgan fingerprint density at radius 3 is 2.69 bits per heavy atom. The maximum absolute atomic E-state index is 12.6. The minimum absolute atomic E-state index is 0.277. The Kier molecular flexibility index (Phi) is 5.58. The number of carbonyl (C=O) groups is 2. The Bertz CT molecular complexity index is 807. The Hall–Kier alpha value is -2.80. The Balaban J connectivity index is 1.75. The number of carbonyl (C=O) groups excluding carboxylic acids is 2. The molecule has 1 N–H and O–H groups in total. The molecule has 1 aromatic carbocycles. The third-order valence-electron chi connectivity index (χ3n) is 4.20. The van der Waals surface area contributed by atoms with Gasteiger partial charge >= 0.3 is 0 Å². The van der Waals surface area contributed by atoms with Gasteiger partial charge in [0, 0.05) is 43.0 Å². The minimum Gasteiger partial charge on any atom is -0.495 e. The summed E-state index contributed by atoms with van der Waals surface area (Å²) in [5, 5.41) is 3.32. The van der Waals surface area contributed by atoms with Crippen molar-refractivity contribution in [1.82, 2.24) is 9.88 Å². The van der Waals surface area contributed by atoms with Gasteiger partial charge in [-0.05, 0) is 30.3 Å². The lowest BCUT2D eigenvalue weighted by Crippen LogP contribution is -2.46. The molecular weight excluding hydrogens is 356 g/mol. The second-order valence-corrected chi connectivity index (χ2v) is 6.27. The number of anilines is 2. The van der Waals surface area contributed by atoms with Crippen LogP contribution < -0.4 is 15.0 Å². The smallest absolute Gasteiger partial charge is 0.255 e. The van der Waals surface area contributed by atoms with Gasteiger partial charge in [0.1, 0.15) is 11.6 Å². The zero-order chi connectivity index (χ0) is 18.5. The molecule has 26 heavy (non-hydrogen) atoms. The molecule has 1 aliphatic heterocycles. The number of nitrogens with zero attached hydrogens (tertiary/aromatic N) is 3. The van der Waals surface area contributed by atoms with Crippen LogP contribution in [0.1, 0.15) is 10.4 Å². The molecule has 2 heterocycles. The van der Waals surface area contributed by atoms with Crippen molar-refractivity contribution in [2.45, 2.75) is 0 Å². The molecule has 0 saturated carbocycles. The van der Waals surface area contributed by atoms with Crippen molar-refractivity contribution in [3.8, 4) is 5.75 Å². The average molecular weight is 375 g/mol. The lowest BCUT2D eigenvalue weighted by atomic mass is 10.2. The maximum atomic E-state index is 12.6. The summed E-state index contributed by atoms with van der Waals surface area (Å²) in [5.41, 5.74) is 0.984. The first-order valence-electron chi connectivity index (χ1n) is 8.16. The Morgan fingerprint density at radius 1 is 1.23 bits per heavy atom. The van der Waals surface area contributed by atoms with E-state index in [2.05, 4.69) is 15.2 Å². The molecule has 136 valence electrons. The molecule has 2 amide bonds. The van der Waals surface area contributed by atoms with Gasteiger partial charge in [0.15, 0.2) is 0 Å². The molecule has 0 atom stereocenters. The highest BCUT2D eigenvalue weighted by Gasteiger charge is 2.18. The van der Waals surface area contributed by atoms with Crippen LogP contribution in [0.25, 0.3) is 0 Å². The van der Waals surface area contributed by atoms with Crippen LogP contribution in [-0.4, -0.2) is 55.5 Å². The van der Waals surface area contributed by atoms with E-state index >= 15 is 0 Å². The van der Waals surface area contributed by atoms with Crippen LogP contribution in [0.15, 0.2) is 36.5 Å². The van der Waals surface area contributed by atoms with Gasteiger partial charge in [0.25, 0.3) is 5.91 Å². The van der Waals surface area contributed by atoms with Gasteiger partial charge in [-0.25, -0.2) is 4.98 Å². The van der Waals surface area contributed by atoms with E-state index in [1.165, 1.54) is 7.11 Å². The zero-order valence-corrected chi connectivity index (χ0v) is 15.1. The molecule has 0 spiro atoms. The number of methoxy groups -OCH3 is 1. The fraction of sp³-hybridized carbons (Fsp3) is 0.278. The first-order chi connectivity index (χ1) is 12.6. The second-order valence-electron chi connectivity index (χ2n) is 5.83. The molecule has 8 heteroatoms. The number of nitrogens with one attached hydrogen (secondary N) is 1. The predicted molar refractivity (Wildman–Crippen MR) is 100 cm³/mol. The zero-order valence-electron chi connectivity index (χ0n) is 14.3. The number of aromatic nitrogens is 1. The van der Waals surface area contributed by atoms with Crippen molar-refractivity contribution in [2.75, 3.05) is 43.5 Å².